The fourth-order valence-electron chi connectivity index (χ4n) is 2.06. The second kappa shape index (κ2) is 7.81. The molecule has 1 heterocycles. The summed E-state index contributed by atoms with van der Waals surface area (Å²) in [6.45, 7) is 6.56. The number of aryl methyl sites for hydroxylation is 1. The number of carbonyl (C=O) groups excluding carboxylic acids is 1. The number of hydrogen-bond donors (Lipinski definition) is 2. The molecule has 0 aliphatic carbocycles. The number of nitrogens with zero attached hydrogens (tertiary/aromatic N) is 2. The molecule has 0 saturated carbocycles. The fourth-order valence-corrected chi connectivity index (χ4v) is 2.06. The Balaban J connectivity index is 2.15. The molecule has 24 heavy (non-hydrogen) atoms. The molecule has 0 saturated heterocycles. The number of anilines is 2. The Morgan fingerprint density at radius 3 is 2.50 bits per heavy atom. The van der Waals surface area contributed by atoms with Gasteiger partial charge in [-0.25, -0.2) is 18.7 Å². The third-order valence-electron chi connectivity index (χ3n) is 3.30. The Labute approximate surface area is 139 Å². The maximum atomic E-state index is 13.6. The number of halogens is 2. The molecular weight excluding hydrogens is 314 g/mol. The van der Waals surface area contributed by atoms with Crippen LogP contribution in [0.3, 0.4) is 0 Å². The van der Waals surface area contributed by atoms with E-state index in [9.17, 15) is 13.6 Å². The normalized spacial score (nSPS) is 10.8. The number of aromatic nitrogens is 2. The molecule has 0 atom stereocenters. The maximum Gasteiger partial charge on any atom is 0.274 e. The van der Waals surface area contributed by atoms with Crippen LogP contribution in [-0.4, -0.2) is 22.4 Å². The van der Waals surface area contributed by atoms with Crippen LogP contribution < -0.4 is 10.6 Å². The molecule has 7 heteroatoms. The van der Waals surface area contributed by atoms with Gasteiger partial charge in [0.2, 0.25) is 0 Å². The molecule has 0 bridgehead atoms. The van der Waals surface area contributed by atoms with Crippen molar-refractivity contribution in [2.24, 2.45) is 5.92 Å². The van der Waals surface area contributed by atoms with E-state index >= 15 is 0 Å². The number of hydrogen-bond acceptors (Lipinski definition) is 4. The molecule has 2 rings (SSSR count). The van der Waals surface area contributed by atoms with Crippen LogP contribution in [-0.2, 0) is 0 Å². The molecule has 0 aliphatic heterocycles. The minimum absolute atomic E-state index is 0.0391. The van der Waals surface area contributed by atoms with Crippen molar-refractivity contribution in [2.75, 3.05) is 17.2 Å². The van der Waals surface area contributed by atoms with Gasteiger partial charge in [0.15, 0.2) is 0 Å². The molecule has 0 aliphatic rings. The van der Waals surface area contributed by atoms with E-state index in [0.717, 1.165) is 18.6 Å². The van der Waals surface area contributed by atoms with E-state index in [1.165, 1.54) is 12.1 Å². The molecule has 0 fully saturated rings. The lowest BCUT2D eigenvalue weighted by atomic mass is 10.1. The average Bonchev–Trinajstić information content (AvgIpc) is 2.50. The topological polar surface area (TPSA) is 66.9 Å². The van der Waals surface area contributed by atoms with Crippen molar-refractivity contribution >= 4 is 17.4 Å². The monoisotopic (exact) mass is 334 g/mol. The van der Waals surface area contributed by atoms with Gasteiger partial charge in [-0.3, -0.25) is 4.79 Å². The van der Waals surface area contributed by atoms with Gasteiger partial charge in [-0.05, 0) is 31.4 Å². The zero-order valence-electron chi connectivity index (χ0n) is 13.9. The highest BCUT2D eigenvalue weighted by molar-refractivity contribution is 6.03. The smallest absolute Gasteiger partial charge is 0.274 e. The summed E-state index contributed by atoms with van der Waals surface area (Å²) in [5.74, 6) is -0.955. The fraction of sp³-hybridized carbons (Fsp3) is 0.353. The number of amides is 1. The van der Waals surface area contributed by atoms with Gasteiger partial charge in [0.1, 0.15) is 34.7 Å². The Hall–Kier alpha value is -2.57. The zero-order chi connectivity index (χ0) is 17.7. The molecule has 1 amide bonds. The lowest BCUT2D eigenvalue weighted by molar-refractivity contribution is 0.102. The van der Waals surface area contributed by atoms with Crippen molar-refractivity contribution in [1.29, 1.82) is 0 Å². The quantitative estimate of drug-likeness (QED) is 0.844. The summed E-state index contributed by atoms with van der Waals surface area (Å²) < 4.78 is 27.3. The molecular formula is C17H20F2N4O. The van der Waals surface area contributed by atoms with Gasteiger partial charge >= 0.3 is 0 Å². The number of carbonyl (C=O) groups is 1. The van der Waals surface area contributed by atoms with Gasteiger partial charge < -0.3 is 10.6 Å². The van der Waals surface area contributed by atoms with Crippen LogP contribution in [0.5, 0.6) is 0 Å². The highest BCUT2D eigenvalue weighted by atomic mass is 19.1. The van der Waals surface area contributed by atoms with Crippen molar-refractivity contribution in [2.45, 2.75) is 27.2 Å². The van der Waals surface area contributed by atoms with E-state index in [0.29, 0.717) is 24.1 Å². The largest absolute Gasteiger partial charge is 0.370 e. The molecule has 0 radical (unpaired) electrons. The molecule has 128 valence electrons. The number of rotatable bonds is 6. The summed E-state index contributed by atoms with van der Waals surface area (Å²) >= 11 is 0. The van der Waals surface area contributed by atoms with Crippen LogP contribution in [0.15, 0.2) is 24.3 Å². The molecule has 0 spiro atoms. The molecule has 0 unspecified atom stereocenters. The zero-order valence-corrected chi connectivity index (χ0v) is 13.9. The average molecular weight is 334 g/mol. The van der Waals surface area contributed by atoms with Gasteiger partial charge in [0.05, 0.1) is 0 Å². The summed E-state index contributed by atoms with van der Waals surface area (Å²) in [5.41, 5.74) is -0.453. The van der Waals surface area contributed by atoms with Crippen LogP contribution in [0.25, 0.3) is 0 Å². The summed E-state index contributed by atoms with van der Waals surface area (Å²) in [5, 5.41) is 5.34. The van der Waals surface area contributed by atoms with Crippen molar-refractivity contribution < 1.29 is 13.6 Å². The van der Waals surface area contributed by atoms with E-state index in [2.05, 4.69) is 34.4 Å². The van der Waals surface area contributed by atoms with Crippen LogP contribution in [0.1, 0.15) is 36.6 Å². The van der Waals surface area contributed by atoms with Crippen molar-refractivity contribution in [3.05, 3.63) is 47.4 Å². The Bertz CT molecular complexity index is 714. The SMILES string of the molecule is Cc1nc(NCCC(C)C)cc(C(=O)Nc2c(F)cccc2F)n1. The summed E-state index contributed by atoms with van der Waals surface area (Å²) in [6.07, 6.45) is 0.949. The van der Waals surface area contributed by atoms with Crippen molar-refractivity contribution in [1.82, 2.24) is 9.97 Å². The first-order valence-corrected chi connectivity index (χ1v) is 7.71. The number of benzene rings is 1. The molecule has 1 aromatic carbocycles. The predicted octanol–water partition coefficient (Wildman–Crippen LogP) is 3.77. The highest BCUT2D eigenvalue weighted by Crippen LogP contribution is 2.19. The first kappa shape index (κ1) is 17.8. The third kappa shape index (κ3) is 4.71. The van der Waals surface area contributed by atoms with E-state index in [1.54, 1.807) is 6.92 Å². The van der Waals surface area contributed by atoms with E-state index in [4.69, 9.17) is 0 Å². The Morgan fingerprint density at radius 1 is 1.21 bits per heavy atom. The molecule has 2 aromatic rings. The van der Waals surface area contributed by atoms with Gasteiger partial charge in [0.25, 0.3) is 5.91 Å². The first-order valence-electron chi connectivity index (χ1n) is 7.71. The predicted molar refractivity (Wildman–Crippen MR) is 89.0 cm³/mol. The lowest BCUT2D eigenvalue weighted by Gasteiger charge is -2.11. The minimum atomic E-state index is -0.843. The second-order valence-corrected chi connectivity index (χ2v) is 5.85. The maximum absolute atomic E-state index is 13.6. The highest BCUT2D eigenvalue weighted by Gasteiger charge is 2.15. The van der Waals surface area contributed by atoms with Crippen LogP contribution in [0, 0.1) is 24.5 Å². The summed E-state index contributed by atoms with van der Waals surface area (Å²) in [6, 6.07) is 4.83. The Morgan fingerprint density at radius 2 is 1.88 bits per heavy atom. The van der Waals surface area contributed by atoms with Crippen LogP contribution >= 0.6 is 0 Å². The lowest BCUT2D eigenvalue weighted by Crippen LogP contribution is -2.17. The van der Waals surface area contributed by atoms with E-state index in [1.807, 2.05) is 0 Å². The number of nitrogens with one attached hydrogen (secondary N) is 2. The molecule has 1 aromatic heterocycles. The van der Waals surface area contributed by atoms with E-state index < -0.39 is 23.2 Å². The second-order valence-electron chi connectivity index (χ2n) is 5.85. The minimum Gasteiger partial charge on any atom is -0.370 e. The standard InChI is InChI=1S/C17H20F2N4O/c1-10(2)7-8-20-15-9-14(21-11(3)22-15)17(24)23-16-12(18)5-4-6-13(16)19/h4-6,9-10H,7-8H2,1-3H3,(H,23,24)(H,20,21,22). The third-order valence-corrected chi connectivity index (χ3v) is 3.30. The summed E-state index contributed by atoms with van der Waals surface area (Å²) in [4.78, 5) is 20.5. The Kier molecular flexibility index (Phi) is 5.78. The van der Waals surface area contributed by atoms with E-state index in [-0.39, 0.29) is 5.69 Å². The van der Waals surface area contributed by atoms with Crippen LogP contribution in [0.2, 0.25) is 0 Å². The summed E-state index contributed by atoms with van der Waals surface area (Å²) in [7, 11) is 0. The van der Waals surface area contributed by atoms with Crippen molar-refractivity contribution in [3.8, 4) is 0 Å². The van der Waals surface area contributed by atoms with Gasteiger partial charge in [-0.2, -0.15) is 0 Å². The molecule has 5 nitrogen and oxygen atoms in total. The van der Waals surface area contributed by atoms with Crippen molar-refractivity contribution in [3.63, 3.8) is 0 Å². The first-order chi connectivity index (χ1) is 11.4. The van der Waals surface area contributed by atoms with Crippen LogP contribution in [0.4, 0.5) is 20.3 Å². The van der Waals surface area contributed by atoms with Gasteiger partial charge in [-0.1, -0.05) is 19.9 Å². The van der Waals surface area contributed by atoms with Gasteiger partial charge in [-0.15, -0.1) is 0 Å². The van der Waals surface area contributed by atoms with Gasteiger partial charge in [0, 0.05) is 12.6 Å². The molecule has 2 N–H and O–H groups in total. The number of para-hydroxylation sites is 1.